The SMILES string of the molecule is Cc1nnc2n1C1C=C(C(=O)N[C@H](C)C(F)(F)F)N(Cc3ccccc3)C1C=C2. The molecule has 2 aliphatic heterocycles. The third-order valence-corrected chi connectivity index (χ3v) is 5.25. The van der Waals surface area contributed by atoms with Crippen molar-refractivity contribution in [1.82, 2.24) is 25.0 Å². The molecular formula is C20H20F3N5O. The Morgan fingerprint density at radius 2 is 1.93 bits per heavy atom. The Bertz CT molecular complexity index is 980. The van der Waals surface area contributed by atoms with E-state index in [9.17, 15) is 18.0 Å². The van der Waals surface area contributed by atoms with Crippen LogP contribution >= 0.6 is 0 Å². The van der Waals surface area contributed by atoms with Crippen LogP contribution in [0.3, 0.4) is 0 Å². The first-order valence-electron chi connectivity index (χ1n) is 9.25. The second-order valence-corrected chi connectivity index (χ2v) is 7.22. The first-order valence-corrected chi connectivity index (χ1v) is 9.25. The Morgan fingerprint density at radius 1 is 1.21 bits per heavy atom. The summed E-state index contributed by atoms with van der Waals surface area (Å²) in [4.78, 5) is 14.6. The van der Waals surface area contributed by atoms with Gasteiger partial charge in [0.2, 0.25) is 0 Å². The number of fused-ring (bicyclic) bond motifs is 3. The Kier molecular flexibility index (Phi) is 4.68. The van der Waals surface area contributed by atoms with Crippen LogP contribution < -0.4 is 5.32 Å². The van der Waals surface area contributed by atoms with Crippen LogP contribution in [0, 0.1) is 6.92 Å². The maximum Gasteiger partial charge on any atom is 0.408 e. The number of carbonyl (C=O) groups is 1. The van der Waals surface area contributed by atoms with E-state index in [1.807, 2.05) is 58.9 Å². The predicted octanol–water partition coefficient (Wildman–Crippen LogP) is 2.99. The number of alkyl halides is 3. The Labute approximate surface area is 165 Å². The fraction of sp³-hybridized carbons (Fsp3) is 0.350. The molecule has 0 saturated heterocycles. The van der Waals surface area contributed by atoms with Gasteiger partial charge in [-0.1, -0.05) is 36.4 Å². The Morgan fingerprint density at radius 3 is 2.62 bits per heavy atom. The fourth-order valence-electron chi connectivity index (χ4n) is 3.73. The highest BCUT2D eigenvalue weighted by Gasteiger charge is 2.42. The average molecular weight is 403 g/mol. The van der Waals surface area contributed by atoms with Crippen molar-refractivity contribution in [2.75, 3.05) is 0 Å². The van der Waals surface area contributed by atoms with Gasteiger partial charge in [0.05, 0.1) is 12.1 Å². The summed E-state index contributed by atoms with van der Waals surface area (Å²) in [7, 11) is 0. The molecule has 2 aromatic rings. The van der Waals surface area contributed by atoms with Gasteiger partial charge in [0, 0.05) is 6.54 Å². The first kappa shape index (κ1) is 19.2. The zero-order chi connectivity index (χ0) is 20.8. The average Bonchev–Trinajstić information content (AvgIpc) is 3.23. The van der Waals surface area contributed by atoms with Gasteiger partial charge in [0.1, 0.15) is 17.6 Å². The van der Waals surface area contributed by atoms with E-state index in [4.69, 9.17) is 0 Å². The summed E-state index contributed by atoms with van der Waals surface area (Å²) < 4.78 is 40.8. The fourth-order valence-corrected chi connectivity index (χ4v) is 3.73. The molecule has 0 fully saturated rings. The Hall–Kier alpha value is -3.10. The lowest BCUT2D eigenvalue weighted by Gasteiger charge is -2.33. The number of aryl methyl sites for hydroxylation is 1. The highest BCUT2D eigenvalue weighted by atomic mass is 19.4. The van der Waals surface area contributed by atoms with Gasteiger partial charge in [-0.05, 0) is 31.6 Å². The van der Waals surface area contributed by atoms with Crippen LogP contribution in [0.15, 0.2) is 48.2 Å². The summed E-state index contributed by atoms with van der Waals surface area (Å²) >= 11 is 0. The number of nitrogens with one attached hydrogen (secondary N) is 1. The molecule has 9 heteroatoms. The Balaban J connectivity index is 1.69. The summed E-state index contributed by atoms with van der Waals surface area (Å²) in [5.74, 6) is 0.589. The molecule has 2 aliphatic rings. The smallest absolute Gasteiger partial charge is 0.354 e. The van der Waals surface area contributed by atoms with Crippen molar-refractivity contribution >= 4 is 12.0 Å². The van der Waals surface area contributed by atoms with Gasteiger partial charge in [-0.15, -0.1) is 10.2 Å². The molecule has 0 saturated carbocycles. The molecule has 3 atom stereocenters. The van der Waals surface area contributed by atoms with Crippen LogP contribution in [-0.4, -0.2) is 43.8 Å². The van der Waals surface area contributed by atoms with Gasteiger partial charge >= 0.3 is 6.18 Å². The maximum atomic E-state index is 13.0. The lowest BCUT2D eigenvalue weighted by Crippen LogP contribution is -2.46. The quantitative estimate of drug-likeness (QED) is 0.853. The van der Waals surface area contributed by atoms with Gasteiger partial charge in [-0.2, -0.15) is 13.2 Å². The molecule has 6 nitrogen and oxygen atoms in total. The molecule has 29 heavy (non-hydrogen) atoms. The van der Waals surface area contributed by atoms with E-state index in [0.717, 1.165) is 12.5 Å². The first-order chi connectivity index (χ1) is 13.8. The number of hydrogen-bond acceptors (Lipinski definition) is 4. The lowest BCUT2D eigenvalue weighted by molar-refractivity contribution is -0.157. The van der Waals surface area contributed by atoms with Crippen molar-refractivity contribution in [3.63, 3.8) is 0 Å². The second-order valence-electron chi connectivity index (χ2n) is 7.22. The van der Waals surface area contributed by atoms with Crippen LogP contribution in [0.2, 0.25) is 0 Å². The third kappa shape index (κ3) is 3.52. The van der Waals surface area contributed by atoms with E-state index >= 15 is 0 Å². The lowest BCUT2D eigenvalue weighted by atomic mass is 10.1. The molecule has 3 heterocycles. The van der Waals surface area contributed by atoms with E-state index in [1.54, 1.807) is 6.08 Å². The topological polar surface area (TPSA) is 63.1 Å². The van der Waals surface area contributed by atoms with Crippen LogP contribution in [-0.2, 0) is 11.3 Å². The maximum absolute atomic E-state index is 13.0. The number of benzene rings is 1. The van der Waals surface area contributed by atoms with Crippen molar-refractivity contribution in [3.8, 4) is 0 Å². The molecule has 1 N–H and O–H groups in total. The van der Waals surface area contributed by atoms with Gasteiger partial charge < -0.3 is 14.8 Å². The summed E-state index contributed by atoms with van der Waals surface area (Å²) in [6, 6.07) is 7.06. The molecule has 0 radical (unpaired) electrons. The third-order valence-electron chi connectivity index (χ3n) is 5.25. The van der Waals surface area contributed by atoms with Gasteiger partial charge in [-0.25, -0.2) is 0 Å². The number of amides is 1. The molecule has 0 spiro atoms. The van der Waals surface area contributed by atoms with Crippen LogP contribution in [0.1, 0.15) is 30.2 Å². The van der Waals surface area contributed by atoms with Crippen molar-refractivity contribution < 1.29 is 18.0 Å². The number of carbonyl (C=O) groups excluding carboxylic acids is 1. The van der Waals surface area contributed by atoms with Crippen LogP contribution in [0.5, 0.6) is 0 Å². The van der Waals surface area contributed by atoms with Crippen molar-refractivity contribution in [3.05, 3.63) is 65.4 Å². The standard InChI is InChI=1S/C20H20F3N5O/c1-12(20(21,22)23)24-19(29)17-10-16-15(8-9-18-26-25-13(2)28(16)18)27(17)11-14-6-4-3-5-7-14/h3-10,12,15-16H,11H2,1-2H3,(H,24,29)/t12-,15?,16?/m1/s1. The number of rotatable bonds is 4. The van der Waals surface area contributed by atoms with E-state index in [1.165, 1.54) is 0 Å². The molecule has 2 unspecified atom stereocenters. The van der Waals surface area contributed by atoms with Gasteiger partial charge in [0.25, 0.3) is 5.91 Å². The van der Waals surface area contributed by atoms with E-state index in [2.05, 4.69) is 15.5 Å². The molecule has 1 aromatic heterocycles. The minimum absolute atomic E-state index is 0.213. The van der Waals surface area contributed by atoms with Crippen molar-refractivity contribution in [2.45, 2.75) is 44.7 Å². The normalized spacial score (nSPS) is 21.4. The van der Waals surface area contributed by atoms with Crippen molar-refractivity contribution in [2.24, 2.45) is 0 Å². The van der Waals surface area contributed by atoms with Crippen molar-refractivity contribution in [1.29, 1.82) is 0 Å². The van der Waals surface area contributed by atoms with Gasteiger partial charge in [-0.3, -0.25) is 4.79 Å². The zero-order valence-electron chi connectivity index (χ0n) is 15.9. The molecule has 0 aliphatic carbocycles. The number of halogens is 3. The number of aromatic nitrogens is 3. The number of nitrogens with zero attached hydrogens (tertiary/aromatic N) is 4. The summed E-state index contributed by atoms with van der Waals surface area (Å²) in [6.45, 7) is 3.14. The monoisotopic (exact) mass is 403 g/mol. The van der Waals surface area contributed by atoms with Crippen LogP contribution in [0.25, 0.3) is 6.08 Å². The minimum Gasteiger partial charge on any atom is -0.354 e. The minimum atomic E-state index is -4.51. The largest absolute Gasteiger partial charge is 0.408 e. The van der Waals surface area contributed by atoms with E-state index in [0.29, 0.717) is 18.2 Å². The predicted molar refractivity (Wildman–Crippen MR) is 100 cm³/mol. The van der Waals surface area contributed by atoms with E-state index < -0.39 is 18.1 Å². The summed E-state index contributed by atoms with van der Waals surface area (Å²) in [5.41, 5.74) is 1.17. The molecule has 1 aromatic carbocycles. The van der Waals surface area contributed by atoms with Crippen LogP contribution in [0.4, 0.5) is 13.2 Å². The summed E-state index contributed by atoms with van der Waals surface area (Å²) in [5, 5.41) is 10.3. The zero-order valence-corrected chi connectivity index (χ0v) is 15.9. The summed E-state index contributed by atoms with van der Waals surface area (Å²) in [6.07, 6.45) is 0.937. The van der Waals surface area contributed by atoms with E-state index in [-0.39, 0.29) is 17.8 Å². The van der Waals surface area contributed by atoms with Gasteiger partial charge in [0.15, 0.2) is 5.82 Å². The molecule has 1 amide bonds. The molecule has 152 valence electrons. The number of hydrogen-bond donors (Lipinski definition) is 1. The molecule has 0 bridgehead atoms. The molecule has 4 rings (SSSR count). The highest BCUT2D eigenvalue weighted by Crippen LogP contribution is 2.38. The second kappa shape index (κ2) is 7.06. The highest BCUT2D eigenvalue weighted by molar-refractivity contribution is 5.94. The molecular weight excluding hydrogens is 383 g/mol.